The van der Waals surface area contributed by atoms with Crippen LogP contribution in [0.5, 0.6) is 0 Å². The molecule has 1 aromatic rings. The lowest BCUT2D eigenvalue weighted by molar-refractivity contribution is -0.377. The molecule has 8 unspecified atom stereocenters. The Bertz CT molecular complexity index is 1320. The van der Waals surface area contributed by atoms with E-state index >= 15 is 0 Å². The Kier molecular flexibility index (Phi) is 8.75. The summed E-state index contributed by atoms with van der Waals surface area (Å²) in [7, 11) is 0. The van der Waals surface area contributed by atoms with Crippen LogP contribution in [0.25, 0.3) is 0 Å². The maximum atomic E-state index is 14.8. The summed E-state index contributed by atoms with van der Waals surface area (Å²) in [4.78, 5) is 28.0. The molecule has 45 heavy (non-hydrogen) atoms. The third kappa shape index (κ3) is 4.55. The molecule has 1 aliphatic heterocycles. The lowest BCUT2D eigenvalue weighted by Gasteiger charge is -2.72. The Hall–Kier alpha value is -2.16. The number of aliphatic hydroxyl groups excluding tert-OH is 3. The summed E-state index contributed by atoms with van der Waals surface area (Å²) in [5, 5.41) is 57.1. The first-order chi connectivity index (χ1) is 20.9. The highest BCUT2D eigenvalue weighted by Gasteiger charge is 2.80. The van der Waals surface area contributed by atoms with Crippen LogP contribution in [-0.4, -0.2) is 106 Å². The van der Waals surface area contributed by atoms with E-state index in [2.05, 4.69) is 0 Å². The number of fused-ring (bicyclic) bond motifs is 5. The van der Waals surface area contributed by atoms with Gasteiger partial charge >= 0.3 is 5.97 Å². The van der Waals surface area contributed by atoms with Gasteiger partial charge in [0.05, 0.1) is 55.2 Å². The third-order valence-corrected chi connectivity index (χ3v) is 12.2. The molecule has 1 aromatic heterocycles. The van der Waals surface area contributed by atoms with Gasteiger partial charge < -0.3 is 48.9 Å². The van der Waals surface area contributed by atoms with Crippen LogP contribution in [0.1, 0.15) is 66.1 Å². The normalized spacial score (nSPS) is 42.0. The summed E-state index contributed by atoms with van der Waals surface area (Å²) in [6.45, 7) is 15.7. The number of rotatable bonds is 9. The molecule has 5 N–H and O–H groups in total. The van der Waals surface area contributed by atoms with Crippen LogP contribution in [-0.2, 0) is 28.5 Å². The maximum Gasteiger partial charge on any atom is 0.336 e. The zero-order valence-corrected chi connectivity index (χ0v) is 26.7. The van der Waals surface area contributed by atoms with Crippen LogP contribution >= 0.6 is 0 Å². The molecule has 1 saturated heterocycles. The molecule has 0 amide bonds. The lowest BCUT2D eigenvalue weighted by Crippen LogP contribution is -2.83. The molecular weight excluding hydrogens is 588 g/mol. The molecule has 0 spiro atoms. The van der Waals surface area contributed by atoms with E-state index in [1.54, 1.807) is 47.6 Å². The minimum absolute atomic E-state index is 0.0127. The van der Waals surface area contributed by atoms with Gasteiger partial charge in [-0.15, -0.1) is 0 Å². The van der Waals surface area contributed by atoms with E-state index in [-0.39, 0.29) is 50.8 Å². The van der Waals surface area contributed by atoms with Crippen molar-refractivity contribution < 1.29 is 58.5 Å². The lowest BCUT2D eigenvalue weighted by atomic mass is 9.36. The van der Waals surface area contributed by atoms with Gasteiger partial charge in [-0.2, -0.15) is 0 Å². The summed E-state index contributed by atoms with van der Waals surface area (Å²) in [5.41, 5.74) is -7.05. The van der Waals surface area contributed by atoms with Gasteiger partial charge in [0.1, 0.15) is 30.4 Å². The van der Waals surface area contributed by atoms with E-state index in [1.807, 2.05) is 0 Å². The number of ether oxygens (including phenoxy) is 4. The summed E-state index contributed by atoms with van der Waals surface area (Å²) < 4.78 is 28.3. The number of carbonyl (C=O) groups is 2. The van der Waals surface area contributed by atoms with Gasteiger partial charge in [0.2, 0.25) is 0 Å². The Morgan fingerprint density at radius 1 is 1.20 bits per heavy atom. The minimum Gasteiger partial charge on any atom is -0.469 e. The van der Waals surface area contributed by atoms with Crippen LogP contribution < -0.4 is 0 Å². The number of hydrogen-bond acceptors (Lipinski definition) is 12. The highest BCUT2D eigenvalue weighted by atomic mass is 16.7. The van der Waals surface area contributed by atoms with Crippen molar-refractivity contribution in [3.05, 3.63) is 42.2 Å². The van der Waals surface area contributed by atoms with E-state index in [0.717, 1.165) is 0 Å². The second-order valence-corrected chi connectivity index (χ2v) is 14.0. The van der Waals surface area contributed by atoms with Crippen molar-refractivity contribution in [2.75, 3.05) is 26.6 Å². The Labute approximate surface area is 263 Å². The summed E-state index contributed by atoms with van der Waals surface area (Å²) in [6.07, 6.45) is -5.02. The Morgan fingerprint density at radius 2 is 1.89 bits per heavy atom. The average Bonchev–Trinajstić information content (AvgIpc) is 3.54. The van der Waals surface area contributed by atoms with Crippen molar-refractivity contribution >= 4 is 11.8 Å². The first-order valence-corrected chi connectivity index (χ1v) is 15.4. The van der Waals surface area contributed by atoms with Crippen LogP contribution in [0.4, 0.5) is 0 Å². The van der Waals surface area contributed by atoms with Gasteiger partial charge in [-0.25, -0.2) is 4.79 Å². The number of ketones is 1. The van der Waals surface area contributed by atoms with Crippen molar-refractivity contribution in [1.29, 1.82) is 0 Å². The molecule has 4 aliphatic rings. The van der Waals surface area contributed by atoms with E-state index in [1.165, 1.54) is 12.3 Å². The smallest absolute Gasteiger partial charge is 0.336 e. The zero-order chi connectivity index (χ0) is 33.3. The summed E-state index contributed by atoms with van der Waals surface area (Å²) in [5.74, 6) is -3.61. The summed E-state index contributed by atoms with van der Waals surface area (Å²) in [6, 6.07) is 3.08. The van der Waals surface area contributed by atoms with Gasteiger partial charge in [-0.3, -0.25) is 4.79 Å². The van der Waals surface area contributed by atoms with Gasteiger partial charge in [0.25, 0.3) is 0 Å². The van der Waals surface area contributed by atoms with Gasteiger partial charge in [-0.1, -0.05) is 27.7 Å². The van der Waals surface area contributed by atoms with Crippen molar-refractivity contribution in [3.8, 4) is 0 Å². The van der Waals surface area contributed by atoms with E-state index < -0.39 is 81.6 Å². The van der Waals surface area contributed by atoms with Gasteiger partial charge in [0, 0.05) is 23.7 Å². The fourth-order valence-corrected chi connectivity index (χ4v) is 8.93. The van der Waals surface area contributed by atoms with Crippen molar-refractivity contribution in [2.45, 2.75) is 102 Å². The van der Waals surface area contributed by atoms with Crippen LogP contribution in [0.2, 0.25) is 0 Å². The minimum atomic E-state index is -1.80. The number of carbonyl (C=O) groups excluding carboxylic acids is 2. The highest BCUT2D eigenvalue weighted by Crippen LogP contribution is 2.70. The molecule has 11 atom stereocenters. The molecule has 250 valence electrons. The number of furan rings is 1. The second kappa shape index (κ2) is 11.5. The molecular formula is C33H46O12. The number of hydrogen-bond donors (Lipinski definition) is 5. The Balaban J connectivity index is 1.60. The number of esters is 1. The molecule has 2 bridgehead atoms. The van der Waals surface area contributed by atoms with E-state index in [4.69, 9.17) is 35.4 Å². The highest BCUT2D eigenvalue weighted by molar-refractivity contribution is 5.94. The number of aliphatic hydroxyl groups is 5. The summed E-state index contributed by atoms with van der Waals surface area (Å²) >= 11 is 0. The first-order valence-electron chi connectivity index (χ1n) is 15.4. The second-order valence-electron chi connectivity index (χ2n) is 14.0. The van der Waals surface area contributed by atoms with Crippen LogP contribution in [0.3, 0.4) is 0 Å². The maximum absolute atomic E-state index is 14.8. The number of Topliss-reactive ketones (excluding diaryl/α,β-unsaturated/α-hetero) is 1. The molecule has 3 fully saturated rings. The molecule has 12 nitrogen and oxygen atoms in total. The molecule has 3 aliphatic carbocycles. The standard InChI is InChI=1S/C33H46O12/c1-17-21(45-28(38)25(35)18(2)20-9-8-11-42-20)14-32(39)19(3)31(7)30(6,27(37)26(36)24(17)29(32,4)5)22(44-16-41-12-10-34)13-23-33(31,40)15-43-23/h2,8-9,11,18-19,21-23,25-26,34-36,39-40H,10,12-16H2,1,3-7H3/t18-,19-,21?,22?,23?,25?,26?,30-,31?,32?,33?/m0/s1. The molecule has 0 aromatic carbocycles. The van der Waals surface area contributed by atoms with Crippen molar-refractivity contribution in [1.82, 2.24) is 0 Å². The SMILES string of the molecule is [CH][C@@H](c1ccco1)C(O)C(=O)OC1CC2(O)[C@@H](C)C3(C)C4(O)COC4CC(OCOCCO)[C@@]3(C)C(=O)C(O)C(=C1C)C2(C)C. The largest absolute Gasteiger partial charge is 0.469 e. The first kappa shape index (κ1) is 34.2. The van der Waals surface area contributed by atoms with E-state index in [9.17, 15) is 30.0 Å². The monoisotopic (exact) mass is 634 g/mol. The fraction of sp³-hybridized carbons (Fsp3) is 0.727. The molecule has 12 heteroatoms. The van der Waals surface area contributed by atoms with E-state index in [0.29, 0.717) is 5.57 Å². The Morgan fingerprint density at radius 3 is 2.47 bits per heavy atom. The average molecular weight is 635 g/mol. The van der Waals surface area contributed by atoms with Crippen molar-refractivity contribution in [3.63, 3.8) is 0 Å². The molecule has 2 radical (unpaired) electrons. The van der Waals surface area contributed by atoms with Crippen LogP contribution in [0, 0.1) is 29.1 Å². The van der Waals surface area contributed by atoms with Crippen LogP contribution in [0.15, 0.2) is 34.0 Å². The predicted molar refractivity (Wildman–Crippen MR) is 156 cm³/mol. The van der Waals surface area contributed by atoms with Crippen molar-refractivity contribution in [2.24, 2.45) is 22.2 Å². The molecule has 2 heterocycles. The predicted octanol–water partition coefficient (Wildman–Crippen LogP) is 1.30. The molecule has 2 saturated carbocycles. The quantitative estimate of drug-likeness (QED) is 0.114. The van der Waals surface area contributed by atoms with Gasteiger partial charge in [-0.05, 0) is 50.0 Å². The fourth-order valence-electron chi connectivity index (χ4n) is 8.93. The van der Waals surface area contributed by atoms with Gasteiger partial charge in [0.15, 0.2) is 11.9 Å². The molecule has 5 rings (SSSR count). The third-order valence-electron chi connectivity index (χ3n) is 12.2. The topological polar surface area (TPSA) is 185 Å². The zero-order valence-electron chi connectivity index (χ0n) is 26.7.